The summed E-state index contributed by atoms with van der Waals surface area (Å²) >= 11 is 11.7. The van der Waals surface area contributed by atoms with E-state index >= 15 is 0 Å². The zero-order valence-electron chi connectivity index (χ0n) is 8.46. The van der Waals surface area contributed by atoms with Crippen molar-refractivity contribution in [2.45, 2.75) is 6.54 Å². The van der Waals surface area contributed by atoms with Crippen LogP contribution >= 0.6 is 47.2 Å². The average molecular weight is 372 g/mol. The molecule has 0 saturated heterocycles. The Bertz CT molecular complexity index is 396. The summed E-state index contributed by atoms with van der Waals surface area (Å²) < 4.78 is 0. The van der Waals surface area contributed by atoms with E-state index in [2.05, 4.69) is 15.6 Å². The van der Waals surface area contributed by atoms with E-state index in [9.17, 15) is 0 Å². The summed E-state index contributed by atoms with van der Waals surface area (Å²) in [6.45, 7) is 2.44. The molecular formula is C10H12Cl2IN3. The fourth-order valence-corrected chi connectivity index (χ4v) is 1.67. The normalized spacial score (nSPS) is 13.8. The zero-order valence-corrected chi connectivity index (χ0v) is 12.3. The average Bonchev–Trinajstić information content (AvgIpc) is 2.73. The number of aliphatic imine (C=N–C) groups is 1. The summed E-state index contributed by atoms with van der Waals surface area (Å²) in [4.78, 5) is 4.23. The molecule has 6 heteroatoms. The van der Waals surface area contributed by atoms with Crippen LogP contribution in [-0.2, 0) is 6.54 Å². The second-order valence-electron chi connectivity index (χ2n) is 3.26. The van der Waals surface area contributed by atoms with E-state index in [0.717, 1.165) is 24.6 Å². The van der Waals surface area contributed by atoms with Gasteiger partial charge < -0.3 is 10.6 Å². The molecule has 0 saturated carbocycles. The van der Waals surface area contributed by atoms with Crippen LogP contribution < -0.4 is 10.6 Å². The third-order valence-corrected chi connectivity index (χ3v) is 2.86. The predicted molar refractivity (Wildman–Crippen MR) is 79.0 cm³/mol. The molecule has 0 aromatic heterocycles. The molecule has 0 bridgehead atoms. The second kappa shape index (κ2) is 6.51. The van der Waals surface area contributed by atoms with Crippen molar-refractivity contribution in [2.24, 2.45) is 4.99 Å². The Morgan fingerprint density at radius 2 is 2.12 bits per heavy atom. The number of hydrogen-bond donors (Lipinski definition) is 2. The van der Waals surface area contributed by atoms with Crippen LogP contribution in [0.2, 0.25) is 10.0 Å². The van der Waals surface area contributed by atoms with Crippen molar-refractivity contribution in [1.82, 2.24) is 10.6 Å². The maximum absolute atomic E-state index is 5.90. The molecular weight excluding hydrogens is 360 g/mol. The first-order valence-electron chi connectivity index (χ1n) is 4.72. The summed E-state index contributed by atoms with van der Waals surface area (Å²) in [5, 5.41) is 7.48. The molecule has 2 rings (SSSR count). The van der Waals surface area contributed by atoms with Crippen molar-refractivity contribution in [2.75, 3.05) is 13.1 Å². The molecule has 3 nitrogen and oxygen atoms in total. The van der Waals surface area contributed by atoms with Crippen LogP contribution in [0.4, 0.5) is 0 Å². The minimum Gasteiger partial charge on any atom is -0.355 e. The van der Waals surface area contributed by atoms with Gasteiger partial charge >= 0.3 is 0 Å². The highest BCUT2D eigenvalue weighted by molar-refractivity contribution is 14.0. The molecule has 0 fully saturated rings. The molecule has 1 aromatic carbocycles. The van der Waals surface area contributed by atoms with Crippen LogP contribution in [0.15, 0.2) is 23.2 Å². The lowest BCUT2D eigenvalue weighted by Gasteiger charge is -2.07. The molecule has 0 aliphatic carbocycles. The van der Waals surface area contributed by atoms with Gasteiger partial charge in [0.1, 0.15) is 0 Å². The summed E-state index contributed by atoms with van der Waals surface area (Å²) in [5.74, 6) is 0.848. The van der Waals surface area contributed by atoms with Gasteiger partial charge in [0.2, 0.25) is 0 Å². The van der Waals surface area contributed by atoms with E-state index in [1.165, 1.54) is 0 Å². The van der Waals surface area contributed by atoms with Crippen molar-refractivity contribution in [3.8, 4) is 0 Å². The molecule has 1 heterocycles. The van der Waals surface area contributed by atoms with Crippen molar-refractivity contribution in [3.05, 3.63) is 33.8 Å². The Morgan fingerprint density at radius 3 is 2.75 bits per heavy atom. The SMILES string of the molecule is Clc1ccc(CNC2=NCCN2)cc1Cl.I. The van der Waals surface area contributed by atoms with Crippen molar-refractivity contribution >= 4 is 53.1 Å². The van der Waals surface area contributed by atoms with E-state index < -0.39 is 0 Å². The van der Waals surface area contributed by atoms with Crippen LogP contribution in [0.25, 0.3) is 0 Å². The fraction of sp³-hybridized carbons (Fsp3) is 0.300. The van der Waals surface area contributed by atoms with Gasteiger partial charge in [-0.15, -0.1) is 24.0 Å². The Kier molecular flexibility index (Phi) is 5.64. The van der Waals surface area contributed by atoms with E-state index in [4.69, 9.17) is 23.2 Å². The maximum Gasteiger partial charge on any atom is 0.191 e. The standard InChI is InChI=1S/C10H11Cl2N3.HI/c11-8-2-1-7(5-9(8)12)6-15-10-13-3-4-14-10;/h1-2,5H,3-4,6H2,(H2,13,14,15);1H. The molecule has 88 valence electrons. The number of rotatable bonds is 2. The quantitative estimate of drug-likeness (QED) is 0.784. The third kappa shape index (κ3) is 3.68. The van der Waals surface area contributed by atoms with E-state index in [1.54, 1.807) is 6.07 Å². The van der Waals surface area contributed by atoms with Crippen molar-refractivity contribution in [3.63, 3.8) is 0 Å². The number of guanidine groups is 1. The lowest BCUT2D eigenvalue weighted by atomic mass is 10.2. The molecule has 16 heavy (non-hydrogen) atoms. The topological polar surface area (TPSA) is 36.4 Å². The van der Waals surface area contributed by atoms with Crippen molar-refractivity contribution < 1.29 is 0 Å². The van der Waals surface area contributed by atoms with Gasteiger partial charge in [-0.25, -0.2) is 0 Å². The van der Waals surface area contributed by atoms with Crippen LogP contribution in [0.1, 0.15) is 5.56 Å². The molecule has 0 unspecified atom stereocenters. The Balaban J connectivity index is 0.00000128. The van der Waals surface area contributed by atoms with Crippen molar-refractivity contribution in [1.29, 1.82) is 0 Å². The van der Waals surface area contributed by atoms with E-state index in [0.29, 0.717) is 16.6 Å². The fourth-order valence-electron chi connectivity index (χ4n) is 1.35. The largest absolute Gasteiger partial charge is 0.355 e. The summed E-state index contributed by atoms with van der Waals surface area (Å²) in [7, 11) is 0. The first-order chi connectivity index (χ1) is 7.25. The molecule has 0 radical (unpaired) electrons. The number of benzene rings is 1. The third-order valence-electron chi connectivity index (χ3n) is 2.12. The van der Waals surface area contributed by atoms with Gasteiger partial charge in [-0.3, -0.25) is 4.99 Å². The molecule has 0 amide bonds. The lowest BCUT2D eigenvalue weighted by Crippen LogP contribution is -2.33. The first-order valence-corrected chi connectivity index (χ1v) is 5.47. The maximum atomic E-state index is 5.90. The van der Waals surface area contributed by atoms with Gasteiger partial charge in [-0.1, -0.05) is 29.3 Å². The Hall–Kier alpha value is -0.200. The molecule has 2 N–H and O–H groups in total. The van der Waals surface area contributed by atoms with Crippen LogP contribution in [0, 0.1) is 0 Å². The van der Waals surface area contributed by atoms with Crippen LogP contribution in [-0.4, -0.2) is 19.0 Å². The van der Waals surface area contributed by atoms with Gasteiger partial charge in [-0.2, -0.15) is 0 Å². The molecule has 0 atom stereocenters. The Labute approximate surface area is 122 Å². The summed E-state index contributed by atoms with van der Waals surface area (Å²) in [6, 6.07) is 5.59. The van der Waals surface area contributed by atoms with Crippen LogP contribution in [0.3, 0.4) is 0 Å². The number of halogens is 3. The summed E-state index contributed by atoms with van der Waals surface area (Å²) in [5.41, 5.74) is 1.08. The molecule has 1 aliphatic rings. The van der Waals surface area contributed by atoms with Gasteiger partial charge in [0.25, 0.3) is 0 Å². The Morgan fingerprint density at radius 1 is 1.31 bits per heavy atom. The molecule has 1 aromatic rings. The van der Waals surface area contributed by atoms with E-state index in [-0.39, 0.29) is 24.0 Å². The zero-order chi connectivity index (χ0) is 10.7. The van der Waals surface area contributed by atoms with Gasteiger partial charge in [0.15, 0.2) is 5.96 Å². The number of nitrogens with zero attached hydrogens (tertiary/aromatic N) is 1. The smallest absolute Gasteiger partial charge is 0.191 e. The first kappa shape index (κ1) is 13.9. The highest BCUT2D eigenvalue weighted by atomic mass is 127. The van der Waals surface area contributed by atoms with Crippen LogP contribution in [0.5, 0.6) is 0 Å². The molecule has 0 spiro atoms. The van der Waals surface area contributed by atoms with E-state index in [1.807, 2.05) is 12.1 Å². The lowest BCUT2D eigenvalue weighted by molar-refractivity contribution is 0.867. The highest BCUT2D eigenvalue weighted by Crippen LogP contribution is 2.22. The van der Waals surface area contributed by atoms with Gasteiger partial charge in [0, 0.05) is 13.1 Å². The minimum absolute atomic E-state index is 0. The van der Waals surface area contributed by atoms with Gasteiger partial charge in [-0.05, 0) is 17.7 Å². The number of nitrogens with one attached hydrogen (secondary N) is 2. The minimum atomic E-state index is 0. The molecule has 1 aliphatic heterocycles. The highest BCUT2D eigenvalue weighted by Gasteiger charge is 2.04. The second-order valence-corrected chi connectivity index (χ2v) is 4.07. The predicted octanol–water partition coefficient (Wildman–Crippen LogP) is 2.66. The summed E-state index contributed by atoms with van der Waals surface area (Å²) in [6.07, 6.45) is 0. The van der Waals surface area contributed by atoms with Gasteiger partial charge in [0.05, 0.1) is 16.6 Å². The number of hydrogen-bond acceptors (Lipinski definition) is 3. The monoisotopic (exact) mass is 371 g/mol.